The number of ether oxygens (including phenoxy) is 1. The van der Waals surface area contributed by atoms with Crippen molar-refractivity contribution < 1.29 is 4.74 Å². The van der Waals surface area contributed by atoms with Gasteiger partial charge in [-0.1, -0.05) is 32.0 Å². The molecule has 0 spiro atoms. The van der Waals surface area contributed by atoms with Crippen LogP contribution in [0.5, 0.6) is 5.75 Å². The van der Waals surface area contributed by atoms with E-state index in [9.17, 15) is 0 Å². The monoisotopic (exact) mass is 287 g/mol. The zero-order valence-corrected chi connectivity index (χ0v) is 12.6. The summed E-state index contributed by atoms with van der Waals surface area (Å²) in [4.78, 5) is 4.38. The number of anilines is 2. The Balaban J connectivity index is 1.98. The van der Waals surface area contributed by atoms with Gasteiger partial charge in [0.2, 0.25) is 5.95 Å². The molecule has 112 valence electrons. The van der Waals surface area contributed by atoms with Crippen molar-refractivity contribution in [1.29, 1.82) is 0 Å². The number of para-hydroxylation sites is 1. The van der Waals surface area contributed by atoms with Crippen LogP contribution in [0.25, 0.3) is 0 Å². The number of aromatic nitrogens is 3. The average molecular weight is 287 g/mol. The van der Waals surface area contributed by atoms with Gasteiger partial charge in [0.15, 0.2) is 5.82 Å². The fourth-order valence-electron chi connectivity index (χ4n) is 1.79. The minimum Gasteiger partial charge on any atom is -0.496 e. The summed E-state index contributed by atoms with van der Waals surface area (Å²) in [7, 11) is 1.67. The van der Waals surface area contributed by atoms with E-state index in [0.717, 1.165) is 17.9 Å². The standard InChI is InChI=1S/C15H21N5O/c1-11(2)8-17-15-19-14(10-18-20-15)16-9-12-6-4-5-7-13(12)21-3/h4-7,10-11H,8-9H2,1-3H3,(H2,16,17,19,20). The molecule has 0 aliphatic heterocycles. The Kier molecular flexibility index (Phi) is 5.31. The second kappa shape index (κ2) is 7.42. The van der Waals surface area contributed by atoms with Gasteiger partial charge in [0.25, 0.3) is 0 Å². The molecule has 1 aromatic heterocycles. The van der Waals surface area contributed by atoms with E-state index in [-0.39, 0.29) is 0 Å². The van der Waals surface area contributed by atoms with Crippen LogP contribution in [-0.4, -0.2) is 28.8 Å². The van der Waals surface area contributed by atoms with Gasteiger partial charge in [0, 0.05) is 18.7 Å². The number of nitrogens with one attached hydrogen (secondary N) is 2. The molecule has 2 aromatic rings. The molecule has 0 bridgehead atoms. The van der Waals surface area contributed by atoms with Crippen molar-refractivity contribution in [2.45, 2.75) is 20.4 Å². The van der Waals surface area contributed by atoms with Crippen LogP contribution in [0.4, 0.5) is 11.8 Å². The van der Waals surface area contributed by atoms with E-state index in [1.54, 1.807) is 13.3 Å². The van der Waals surface area contributed by atoms with E-state index in [4.69, 9.17) is 4.74 Å². The highest BCUT2D eigenvalue weighted by Gasteiger charge is 2.04. The molecule has 2 rings (SSSR count). The minimum atomic E-state index is 0.527. The van der Waals surface area contributed by atoms with Crippen LogP contribution in [0, 0.1) is 5.92 Å². The number of nitrogens with zero attached hydrogens (tertiary/aromatic N) is 3. The van der Waals surface area contributed by atoms with Crippen molar-refractivity contribution in [3.8, 4) is 5.75 Å². The maximum atomic E-state index is 5.32. The summed E-state index contributed by atoms with van der Waals surface area (Å²) in [5.41, 5.74) is 1.07. The molecule has 0 saturated heterocycles. The predicted octanol–water partition coefficient (Wildman–Crippen LogP) is 2.56. The first kappa shape index (κ1) is 15.0. The molecule has 2 N–H and O–H groups in total. The van der Waals surface area contributed by atoms with Gasteiger partial charge in [0.05, 0.1) is 13.3 Å². The number of benzene rings is 1. The average Bonchev–Trinajstić information content (AvgIpc) is 2.51. The second-order valence-corrected chi connectivity index (χ2v) is 5.11. The predicted molar refractivity (Wildman–Crippen MR) is 83.5 cm³/mol. The summed E-state index contributed by atoms with van der Waals surface area (Å²) in [6.45, 7) is 5.69. The number of hydrogen-bond acceptors (Lipinski definition) is 6. The van der Waals surface area contributed by atoms with Gasteiger partial charge in [-0.25, -0.2) is 0 Å². The lowest BCUT2D eigenvalue weighted by molar-refractivity contribution is 0.410. The van der Waals surface area contributed by atoms with E-state index in [2.05, 4.69) is 39.7 Å². The summed E-state index contributed by atoms with van der Waals surface area (Å²) >= 11 is 0. The summed E-state index contributed by atoms with van der Waals surface area (Å²) < 4.78 is 5.32. The van der Waals surface area contributed by atoms with Crippen molar-refractivity contribution >= 4 is 11.8 Å². The lowest BCUT2D eigenvalue weighted by Crippen LogP contribution is -2.12. The lowest BCUT2D eigenvalue weighted by Gasteiger charge is -2.11. The molecule has 0 saturated carbocycles. The van der Waals surface area contributed by atoms with Crippen LogP contribution in [0.1, 0.15) is 19.4 Å². The van der Waals surface area contributed by atoms with Crippen molar-refractivity contribution in [2.75, 3.05) is 24.3 Å². The maximum Gasteiger partial charge on any atom is 0.244 e. The first-order valence-electron chi connectivity index (χ1n) is 6.98. The summed E-state index contributed by atoms with van der Waals surface area (Å²) in [6, 6.07) is 7.87. The number of rotatable bonds is 7. The summed E-state index contributed by atoms with van der Waals surface area (Å²) in [5.74, 6) is 2.60. The Hall–Kier alpha value is -2.37. The van der Waals surface area contributed by atoms with E-state index in [1.165, 1.54) is 0 Å². The summed E-state index contributed by atoms with van der Waals surface area (Å²) in [5, 5.41) is 14.3. The Morgan fingerprint density at radius 1 is 1.19 bits per heavy atom. The van der Waals surface area contributed by atoms with Crippen LogP contribution in [0.3, 0.4) is 0 Å². The highest BCUT2D eigenvalue weighted by molar-refractivity contribution is 5.40. The molecule has 6 heteroatoms. The quantitative estimate of drug-likeness (QED) is 0.815. The van der Waals surface area contributed by atoms with Gasteiger partial charge >= 0.3 is 0 Å². The van der Waals surface area contributed by atoms with Crippen molar-refractivity contribution in [3.05, 3.63) is 36.0 Å². The number of hydrogen-bond donors (Lipinski definition) is 2. The zero-order valence-electron chi connectivity index (χ0n) is 12.6. The maximum absolute atomic E-state index is 5.32. The molecule has 0 aliphatic carbocycles. The topological polar surface area (TPSA) is 72.0 Å². The van der Waals surface area contributed by atoms with Gasteiger partial charge < -0.3 is 15.4 Å². The fraction of sp³-hybridized carbons (Fsp3) is 0.400. The van der Waals surface area contributed by atoms with Crippen molar-refractivity contribution in [3.63, 3.8) is 0 Å². The number of methoxy groups -OCH3 is 1. The van der Waals surface area contributed by atoms with Crippen LogP contribution in [-0.2, 0) is 6.54 Å². The Morgan fingerprint density at radius 3 is 2.76 bits per heavy atom. The Labute approximate surface area is 125 Å². The third kappa shape index (κ3) is 4.59. The normalized spacial score (nSPS) is 10.5. The first-order chi connectivity index (χ1) is 10.2. The van der Waals surface area contributed by atoms with Crippen LogP contribution < -0.4 is 15.4 Å². The Bertz CT molecular complexity index is 573. The van der Waals surface area contributed by atoms with Crippen molar-refractivity contribution in [1.82, 2.24) is 15.2 Å². The van der Waals surface area contributed by atoms with E-state index in [1.807, 2.05) is 24.3 Å². The lowest BCUT2D eigenvalue weighted by atomic mass is 10.2. The summed E-state index contributed by atoms with van der Waals surface area (Å²) in [6.07, 6.45) is 1.61. The third-order valence-corrected chi connectivity index (χ3v) is 2.88. The fourth-order valence-corrected chi connectivity index (χ4v) is 1.79. The van der Waals surface area contributed by atoms with E-state index < -0.39 is 0 Å². The minimum absolute atomic E-state index is 0.527. The molecular weight excluding hydrogens is 266 g/mol. The van der Waals surface area contributed by atoms with Gasteiger partial charge in [-0.15, -0.1) is 5.10 Å². The van der Waals surface area contributed by atoms with Crippen LogP contribution in [0.15, 0.2) is 30.5 Å². The molecule has 21 heavy (non-hydrogen) atoms. The Morgan fingerprint density at radius 2 is 2.00 bits per heavy atom. The van der Waals surface area contributed by atoms with Gasteiger partial charge in [-0.3, -0.25) is 0 Å². The largest absolute Gasteiger partial charge is 0.496 e. The third-order valence-electron chi connectivity index (χ3n) is 2.88. The molecule has 0 unspecified atom stereocenters. The van der Waals surface area contributed by atoms with Gasteiger partial charge in [-0.05, 0) is 12.0 Å². The van der Waals surface area contributed by atoms with E-state index >= 15 is 0 Å². The van der Waals surface area contributed by atoms with Crippen LogP contribution >= 0.6 is 0 Å². The molecule has 0 atom stereocenters. The highest BCUT2D eigenvalue weighted by atomic mass is 16.5. The smallest absolute Gasteiger partial charge is 0.244 e. The molecule has 1 aromatic carbocycles. The van der Waals surface area contributed by atoms with E-state index in [0.29, 0.717) is 24.2 Å². The highest BCUT2D eigenvalue weighted by Crippen LogP contribution is 2.18. The SMILES string of the molecule is COc1ccccc1CNc1cnnc(NCC(C)C)n1. The molecule has 6 nitrogen and oxygen atoms in total. The van der Waals surface area contributed by atoms with Crippen molar-refractivity contribution in [2.24, 2.45) is 5.92 Å². The van der Waals surface area contributed by atoms with Gasteiger partial charge in [0.1, 0.15) is 5.75 Å². The first-order valence-corrected chi connectivity index (χ1v) is 6.98. The molecule has 0 fully saturated rings. The van der Waals surface area contributed by atoms with Gasteiger partial charge in [-0.2, -0.15) is 10.1 Å². The molecule has 0 amide bonds. The molecule has 0 aliphatic rings. The molecule has 0 radical (unpaired) electrons. The molecule has 1 heterocycles. The van der Waals surface area contributed by atoms with Crippen LogP contribution in [0.2, 0.25) is 0 Å². The molecular formula is C15H21N5O. The second-order valence-electron chi connectivity index (χ2n) is 5.11. The zero-order chi connectivity index (χ0) is 15.1.